The summed E-state index contributed by atoms with van der Waals surface area (Å²) >= 11 is 0. The number of aliphatic hydroxyl groups is 2. The van der Waals surface area contributed by atoms with E-state index in [1.807, 2.05) is 0 Å². The number of nitrogens with zero attached hydrogens (tertiary/aromatic N) is 17. The molecule has 0 bridgehead atoms. The van der Waals surface area contributed by atoms with E-state index < -0.39 is 180 Å². The molecule has 52 nitrogen and oxygen atoms in total. The molecule has 624 valence electrons. The van der Waals surface area contributed by atoms with E-state index in [4.69, 9.17) is 0 Å². The number of nitrogens with one attached hydrogen (secondary N) is 9. The Balaban J connectivity index is 0.0000124. The molecule has 0 aliphatic carbocycles. The van der Waals surface area contributed by atoms with Crippen LogP contribution in [-0.4, -0.2) is 331 Å². The minimum atomic E-state index is -1.77. The van der Waals surface area contributed by atoms with Crippen molar-refractivity contribution in [3.8, 4) is 0 Å². The number of rotatable bonds is 37. The number of aliphatic imine (C=N–C) groups is 3. The number of aromatic amines is 9. The first-order valence-electron chi connectivity index (χ1n) is 35.4. The number of unbranched alkanes of at least 4 members (excludes halogenated alkanes) is 4. The third-order valence-corrected chi connectivity index (χ3v) is 17.3. The monoisotopic (exact) mass is 1770 g/mol. The van der Waals surface area contributed by atoms with Crippen molar-refractivity contribution >= 4 is 107 Å². The number of aliphatic carboxylic acids is 6. The number of aliphatic hydroxyl groups excluding tert-OH is 2. The molecule has 8 amide bonds. The molecule has 7 rings (SSSR count). The summed E-state index contributed by atoms with van der Waals surface area (Å²) in [5.74, 6) is -17.4. The van der Waals surface area contributed by atoms with Crippen LogP contribution in [0, 0.1) is 20.5 Å². The summed E-state index contributed by atoms with van der Waals surface area (Å²) < 4.78 is 0. The Kier molecular flexibility index (Phi) is 51.5. The summed E-state index contributed by atoms with van der Waals surface area (Å²) in [4.78, 5) is 220. The van der Waals surface area contributed by atoms with E-state index in [9.17, 15) is 129 Å². The van der Waals surface area contributed by atoms with Gasteiger partial charge in [-0.25, -0.2) is 5.10 Å². The number of hydrogen-bond acceptors (Lipinski definition) is 24. The second kappa shape index (κ2) is 56.4. The number of azo groups is 1. The molecule has 7 heterocycles. The van der Waals surface area contributed by atoms with Crippen molar-refractivity contribution in [1.82, 2.24) is 85.3 Å². The molecule has 122 heavy (non-hydrogen) atoms. The Morgan fingerprint density at radius 3 is 1.16 bits per heavy atom. The summed E-state index contributed by atoms with van der Waals surface area (Å²) in [5, 5.41) is 146. The van der Waals surface area contributed by atoms with E-state index >= 15 is 0 Å². The second-order valence-electron chi connectivity index (χ2n) is 25.6. The van der Waals surface area contributed by atoms with Gasteiger partial charge in [0.05, 0.1) is 43.4 Å². The molecule has 2 aliphatic rings. The molecule has 2 unspecified atom stereocenters. The van der Waals surface area contributed by atoms with Crippen LogP contribution in [0.5, 0.6) is 0 Å². The molecular weight excluding hydrogens is 1690 g/mol. The molecule has 1 fully saturated rings. The van der Waals surface area contributed by atoms with Crippen molar-refractivity contribution in [2.45, 2.75) is 102 Å². The van der Waals surface area contributed by atoms with Crippen LogP contribution < -0.4 is 204 Å². The van der Waals surface area contributed by atoms with E-state index in [0.717, 1.165) is 24.3 Å². The maximum Gasteiger partial charge on any atom is 1.00 e. The average Bonchev–Trinajstić information content (AvgIpc) is 1.79. The molecular formula is C64H81N26Na6O26+5. The van der Waals surface area contributed by atoms with Gasteiger partial charge in [-0.1, -0.05) is 12.8 Å². The van der Waals surface area contributed by atoms with Crippen LogP contribution in [-0.2, 0) is 52.7 Å². The van der Waals surface area contributed by atoms with Gasteiger partial charge in [0, 0.05) is 115 Å². The van der Waals surface area contributed by atoms with Crippen molar-refractivity contribution in [2.24, 2.45) is 40.2 Å². The summed E-state index contributed by atoms with van der Waals surface area (Å²) in [6, 6.07) is 1.86. The Bertz CT molecular complexity index is 4940. The van der Waals surface area contributed by atoms with Crippen LogP contribution in [0.15, 0.2) is 82.3 Å². The number of amidine groups is 1. The fourth-order valence-corrected chi connectivity index (χ4v) is 11.6. The molecule has 0 spiro atoms. The van der Waals surface area contributed by atoms with Gasteiger partial charge in [-0.05, 0) is 56.3 Å². The maximum atomic E-state index is 14.3. The minimum Gasteiger partial charge on any atom is -0.712 e. The van der Waals surface area contributed by atoms with E-state index in [1.165, 1.54) is 31.7 Å². The van der Waals surface area contributed by atoms with Crippen LogP contribution in [0.2, 0.25) is 0 Å². The standard InChI is InChI=1S/C64H81N26O26.6Na/c91-49(9-3-1-5-15-65-57(103)35-25-43(77-71-35)67-59(105)37-27-45(79-73-37)69-61(107)39-29-47(81-75-39)89(113)114)83-17-7-19-86(52(94)14-12-42(64(111)112)88(33-55(99)100)34-56(101)102)24-22-84(18-8-20-85(23-21-83)51(93)13-11-41(63(109)110)87(31-53(95)96)32-54(97)98)50(92)10-4-2-6-16-66-58(104)36-26-44(78-72-36)68-60(106)38-28-46(80-74-38)70-62(108)40-30-48(82-76-40)90(115)116;;;;;;/h25-30,41-42H,1-24,31-34H2,(H17-,65,66,67,68,69,70,71,72,73,74,75,76,77,78,79,80,81,82,95,96,97,98,99,100,101,102,103,104,105,106,107,108,109,110,111,112,113,114);;;;;;/q-1;6*+1. The third kappa shape index (κ3) is 37.1. The van der Waals surface area contributed by atoms with Crippen LogP contribution in [0.4, 0.5) is 5.82 Å². The van der Waals surface area contributed by atoms with E-state index in [1.54, 1.807) is 0 Å². The van der Waals surface area contributed by atoms with Crippen molar-refractivity contribution in [1.29, 1.82) is 0 Å². The summed E-state index contributed by atoms with van der Waals surface area (Å²) in [7, 11) is 0. The number of hydrogen-bond donors (Lipinski definition) is 17. The van der Waals surface area contributed by atoms with Gasteiger partial charge in [0.25, 0.3) is 23.6 Å². The average molecular weight is 1770 g/mol. The van der Waals surface area contributed by atoms with Gasteiger partial charge in [0.15, 0.2) is 33.7 Å². The van der Waals surface area contributed by atoms with E-state index in [-0.39, 0.29) is 338 Å². The van der Waals surface area contributed by atoms with E-state index in [0.29, 0.717) is 35.5 Å². The number of carboxylic acids is 6. The number of carbonyl (C=O) groups is 14. The van der Waals surface area contributed by atoms with Gasteiger partial charge in [-0.3, -0.25) is 122 Å². The number of carboxylic acid groups (broad SMARTS) is 6. The SMILES string of the molecule is O=C(O)CN(CC(=O)O)C(CCC(=O)N1CCCN(C(=O)CCCCCN=C(O)c2cc(=NC(=O)c3cc(=NC(=O)c4cc([N+](=O)[O-])n[nH]4)[nH][nH]3)[nH][nH]2)CCN(C(=O)CCC(C(=O)O)N(CC(=O)O)CC(=O)O)CCCN(C(=O)CCCCCN=C(O)c2cc(=NC(=O)C3=CC(=NC(=O)c4cc(=[N+]([O-])[O-])[nH][nH]4)N=N3)[nH][nH]2)CC1)C(=O)O.[Na+].[Na+].[Na+].[Na+].[Na+].[Na+]. The van der Waals surface area contributed by atoms with E-state index in [2.05, 4.69) is 91.2 Å². The number of amides is 8. The smallest absolute Gasteiger partial charge is 0.712 e. The first-order valence-corrected chi connectivity index (χ1v) is 35.4. The predicted molar refractivity (Wildman–Crippen MR) is 388 cm³/mol. The fourth-order valence-electron chi connectivity index (χ4n) is 11.6. The number of aromatic nitrogens is 10. The summed E-state index contributed by atoms with van der Waals surface area (Å²) in [6.07, 6.45) is 0.434. The second-order valence-corrected chi connectivity index (χ2v) is 25.6. The van der Waals surface area contributed by atoms with Gasteiger partial charge < -0.3 is 81.0 Å². The Hall–Kier alpha value is -8.50. The zero-order chi connectivity index (χ0) is 84.7. The molecule has 58 heteroatoms. The Morgan fingerprint density at radius 1 is 0.418 bits per heavy atom. The van der Waals surface area contributed by atoms with Crippen molar-refractivity contribution in [2.75, 3.05) is 91.6 Å². The maximum absolute atomic E-state index is 14.3. The van der Waals surface area contributed by atoms with Crippen LogP contribution >= 0.6 is 0 Å². The molecule has 1 saturated heterocycles. The largest absolute Gasteiger partial charge is 1.00 e. The van der Waals surface area contributed by atoms with Crippen LogP contribution in [0.3, 0.4) is 0 Å². The van der Waals surface area contributed by atoms with Crippen molar-refractivity contribution < 1.29 is 290 Å². The Morgan fingerprint density at radius 2 is 0.779 bits per heavy atom. The van der Waals surface area contributed by atoms with Gasteiger partial charge >= 0.3 is 224 Å². The summed E-state index contributed by atoms with van der Waals surface area (Å²) in [5.41, 5.74) is -1.88. The van der Waals surface area contributed by atoms with Gasteiger partial charge in [0.2, 0.25) is 35.4 Å². The molecule has 5 aromatic rings. The molecule has 17 N–H and O–H groups in total. The first-order chi connectivity index (χ1) is 55.2. The topological polar surface area (TPSA) is 766 Å². The van der Waals surface area contributed by atoms with Crippen molar-refractivity contribution in [3.63, 3.8) is 0 Å². The zero-order valence-electron chi connectivity index (χ0n) is 67.4. The zero-order valence-corrected chi connectivity index (χ0v) is 79.4. The molecule has 0 saturated carbocycles. The number of carbonyl (C=O) groups excluding carboxylic acids is 8. The molecule has 0 radical (unpaired) electrons. The molecule has 2 atom stereocenters. The number of H-pyrrole nitrogens is 9. The van der Waals surface area contributed by atoms with Crippen LogP contribution in [0.1, 0.15) is 133 Å². The molecule has 0 aromatic carbocycles. The molecule has 2 aliphatic heterocycles. The van der Waals surface area contributed by atoms with Crippen molar-refractivity contribution in [3.05, 3.63) is 113 Å². The van der Waals surface area contributed by atoms with Gasteiger partial charge in [0.1, 0.15) is 34.9 Å². The first kappa shape index (κ1) is 112. The van der Waals surface area contributed by atoms with Gasteiger partial charge in [-0.2, -0.15) is 30.2 Å². The predicted octanol–water partition coefficient (Wildman–Crippen LogP) is -20.8. The quantitative estimate of drug-likeness (QED) is 0.00438. The number of nitro groups is 1. The van der Waals surface area contributed by atoms with Gasteiger partial charge in [-0.15, -0.1) is 10.2 Å². The molecule has 5 aromatic heterocycles. The normalized spacial score (nSPS) is 14.6. The summed E-state index contributed by atoms with van der Waals surface area (Å²) in [6.45, 7) is -5.27. The fraction of sp³-hybridized carbons (Fsp3) is 0.469. The van der Waals surface area contributed by atoms with Crippen LogP contribution in [0.25, 0.3) is 0 Å². The minimum absolute atomic E-state index is 0. The Labute approximate surface area is 820 Å². The third-order valence-electron chi connectivity index (χ3n) is 17.3.